The lowest BCUT2D eigenvalue weighted by molar-refractivity contribution is -0.236. The maximum Gasteiger partial charge on any atom is 0.303 e. The number of rotatable bonds is 1. The number of aliphatic hydroxyl groups excluding tert-OH is 1. The number of epoxide rings is 1. The quantitative estimate of drug-likeness (QED) is 0.372. The lowest BCUT2D eigenvalue weighted by Crippen LogP contribution is -2.64. The molecule has 0 aromatic carbocycles. The van der Waals surface area contributed by atoms with Crippen LogP contribution in [0.4, 0.5) is 0 Å². The first-order valence-electron chi connectivity index (χ1n) is 10.9. The molecule has 4 N–H and O–H groups in total. The standard InChI is InChI=1S/C22H34O7/c1-10(23)28-17-15(24)22(27)14(13-16(29-13)18(22,2)3)20(5,26)12-7-6-11-8-21(12,17)9-19(11,4)25/h11-17,24-27H,6-9H2,1-5H3/t11-,12-,13-,14-,15+,16-,17+,19+,20+,21+,22-/m0/s1. The summed E-state index contributed by atoms with van der Waals surface area (Å²) in [5.41, 5.74) is -5.63. The maximum atomic E-state index is 12.1. The summed E-state index contributed by atoms with van der Waals surface area (Å²) in [5, 5.41) is 46.9. The summed E-state index contributed by atoms with van der Waals surface area (Å²) >= 11 is 0. The van der Waals surface area contributed by atoms with E-state index in [0.29, 0.717) is 19.3 Å². The molecule has 0 unspecified atom stereocenters. The van der Waals surface area contributed by atoms with Gasteiger partial charge in [-0.2, -0.15) is 0 Å². The monoisotopic (exact) mass is 410 g/mol. The van der Waals surface area contributed by atoms with Crippen molar-refractivity contribution in [2.45, 2.75) is 102 Å². The second kappa shape index (κ2) is 5.36. The van der Waals surface area contributed by atoms with Crippen molar-refractivity contribution in [1.82, 2.24) is 0 Å². The van der Waals surface area contributed by atoms with Crippen LogP contribution in [0.2, 0.25) is 0 Å². The Morgan fingerprint density at radius 3 is 2.38 bits per heavy atom. The Bertz CT molecular complexity index is 760. The third kappa shape index (κ3) is 2.14. The van der Waals surface area contributed by atoms with Crippen LogP contribution >= 0.6 is 0 Å². The molecular formula is C22H34O7. The van der Waals surface area contributed by atoms with E-state index < -0.39 is 51.7 Å². The molecule has 1 heterocycles. The first-order chi connectivity index (χ1) is 13.2. The molecule has 7 nitrogen and oxygen atoms in total. The zero-order valence-electron chi connectivity index (χ0n) is 17.9. The van der Waals surface area contributed by atoms with Gasteiger partial charge in [0.05, 0.1) is 23.4 Å². The zero-order valence-corrected chi connectivity index (χ0v) is 17.9. The van der Waals surface area contributed by atoms with Crippen LogP contribution in [0.15, 0.2) is 0 Å². The number of carbonyl (C=O) groups excluding carboxylic acids is 1. The lowest BCUT2D eigenvalue weighted by Gasteiger charge is -2.50. The molecule has 164 valence electrons. The molecule has 7 heteroatoms. The number of aliphatic hydroxyl groups is 4. The molecule has 1 saturated heterocycles. The fourth-order valence-corrected chi connectivity index (χ4v) is 8.49. The molecule has 5 aliphatic rings. The van der Waals surface area contributed by atoms with Crippen molar-refractivity contribution in [3.05, 3.63) is 0 Å². The molecule has 4 saturated carbocycles. The molecular weight excluding hydrogens is 376 g/mol. The Morgan fingerprint density at radius 2 is 1.76 bits per heavy atom. The summed E-state index contributed by atoms with van der Waals surface area (Å²) in [7, 11) is 0. The highest BCUT2D eigenvalue weighted by molar-refractivity contribution is 5.66. The van der Waals surface area contributed by atoms with Crippen molar-refractivity contribution in [2.75, 3.05) is 0 Å². The van der Waals surface area contributed by atoms with Crippen LogP contribution in [0, 0.1) is 28.6 Å². The van der Waals surface area contributed by atoms with Gasteiger partial charge in [-0.1, -0.05) is 13.8 Å². The van der Waals surface area contributed by atoms with Crippen molar-refractivity contribution < 1.29 is 34.7 Å². The summed E-state index contributed by atoms with van der Waals surface area (Å²) in [5.74, 6) is -1.56. The van der Waals surface area contributed by atoms with E-state index in [2.05, 4.69) is 0 Å². The molecule has 2 bridgehead atoms. The van der Waals surface area contributed by atoms with Gasteiger partial charge in [0.1, 0.15) is 17.8 Å². The summed E-state index contributed by atoms with van der Waals surface area (Å²) in [6.07, 6.45) is -0.717. The Hall–Kier alpha value is -0.730. The van der Waals surface area contributed by atoms with Crippen molar-refractivity contribution in [3.8, 4) is 0 Å². The van der Waals surface area contributed by atoms with Crippen LogP contribution in [0.25, 0.3) is 0 Å². The minimum absolute atomic E-state index is 0.00493. The SMILES string of the molecule is CC(=O)O[C@@H]1[C@@H](O)[C@@]2(O)[C@@H]([C@@H]3O[C@@H]3C2(C)C)[C@](C)(O)[C@@H]2CC[C@H]3C[C@]12C[C@@]3(C)O. The molecule has 4 aliphatic carbocycles. The Balaban J connectivity index is 1.74. The fraction of sp³-hybridized carbons (Fsp3) is 0.955. The number of carbonyl (C=O) groups is 1. The Labute approximate surface area is 171 Å². The molecule has 0 aromatic heterocycles. The normalized spacial score (nSPS) is 61.9. The van der Waals surface area contributed by atoms with E-state index in [1.54, 1.807) is 13.8 Å². The smallest absolute Gasteiger partial charge is 0.303 e. The molecule has 0 radical (unpaired) electrons. The topological polar surface area (TPSA) is 120 Å². The highest BCUT2D eigenvalue weighted by Crippen LogP contribution is 2.73. The number of hydrogen-bond acceptors (Lipinski definition) is 7. The summed E-state index contributed by atoms with van der Waals surface area (Å²) < 4.78 is 11.6. The second-order valence-corrected chi connectivity index (χ2v) is 11.5. The van der Waals surface area contributed by atoms with Crippen LogP contribution in [0.1, 0.15) is 60.3 Å². The first-order valence-corrected chi connectivity index (χ1v) is 10.9. The predicted octanol–water partition coefficient (Wildman–Crippen LogP) is 0.755. The highest BCUT2D eigenvalue weighted by Gasteiger charge is 2.84. The Morgan fingerprint density at radius 1 is 1.10 bits per heavy atom. The minimum atomic E-state index is -1.68. The molecule has 0 aromatic rings. The molecule has 5 rings (SSSR count). The minimum Gasteiger partial charge on any atom is -0.459 e. The van der Waals surface area contributed by atoms with E-state index in [9.17, 15) is 25.2 Å². The van der Waals surface area contributed by atoms with Gasteiger partial charge in [0.2, 0.25) is 0 Å². The van der Waals surface area contributed by atoms with E-state index in [1.165, 1.54) is 6.92 Å². The first kappa shape index (κ1) is 20.2. The van der Waals surface area contributed by atoms with Gasteiger partial charge < -0.3 is 29.9 Å². The number of ether oxygens (including phenoxy) is 2. The van der Waals surface area contributed by atoms with E-state index in [4.69, 9.17) is 9.47 Å². The third-order valence-corrected chi connectivity index (χ3v) is 9.69. The Kier molecular flexibility index (Phi) is 3.73. The van der Waals surface area contributed by atoms with E-state index in [-0.39, 0.29) is 24.0 Å². The van der Waals surface area contributed by atoms with Crippen LogP contribution in [-0.2, 0) is 14.3 Å². The summed E-state index contributed by atoms with van der Waals surface area (Å²) in [6, 6.07) is 0. The van der Waals surface area contributed by atoms with Gasteiger partial charge in [-0.05, 0) is 51.4 Å². The van der Waals surface area contributed by atoms with Crippen LogP contribution < -0.4 is 0 Å². The largest absolute Gasteiger partial charge is 0.459 e. The molecule has 29 heavy (non-hydrogen) atoms. The van der Waals surface area contributed by atoms with E-state index >= 15 is 0 Å². The predicted molar refractivity (Wildman–Crippen MR) is 102 cm³/mol. The number of hydrogen-bond donors (Lipinski definition) is 4. The van der Waals surface area contributed by atoms with Gasteiger partial charge in [0, 0.05) is 23.7 Å². The van der Waals surface area contributed by atoms with Gasteiger partial charge in [-0.25, -0.2) is 0 Å². The van der Waals surface area contributed by atoms with Crippen molar-refractivity contribution in [3.63, 3.8) is 0 Å². The van der Waals surface area contributed by atoms with E-state index in [0.717, 1.165) is 6.42 Å². The van der Waals surface area contributed by atoms with Gasteiger partial charge in [-0.3, -0.25) is 4.79 Å². The average molecular weight is 411 g/mol. The second-order valence-electron chi connectivity index (χ2n) is 11.5. The van der Waals surface area contributed by atoms with Crippen molar-refractivity contribution in [2.24, 2.45) is 28.6 Å². The van der Waals surface area contributed by atoms with Crippen LogP contribution in [0.5, 0.6) is 0 Å². The fourth-order valence-electron chi connectivity index (χ4n) is 8.49. The zero-order chi connectivity index (χ0) is 21.4. The van der Waals surface area contributed by atoms with Gasteiger partial charge >= 0.3 is 5.97 Å². The molecule has 1 spiro atoms. The molecule has 11 atom stereocenters. The number of esters is 1. The number of fused-ring (bicyclic) bond motifs is 4. The molecule has 5 fully saturated rings. The summed E-state index contributed by atoms with van der Waals surface area (Å²) in [4.78, 5) is 12.1. The lowest BCUT2D eigenvalue weighted by atomic mass is 9.58. The van der Waals surface area contributed by atoms with Crippen molar-refractivity contribution in [1.29, 1.82) is 0 Å². The molecule has 0 amide bonds. The van der Waals surface area contributed by atoms with Gasteiger partial charge in [-0.15, -0.1) is 0 Å². The van der Waals surface area contributed by atoms with Gasteiger partial charge in [0.15, 0.2) is 0 Å². The van der Waals surface area contributed by atoms with Gasteiger partial charge in [0.25, 0.3) is 0 Å². The van der Waals surface area contributed by atoms with E-state index in [1.807, 2.05) is 13.8 Å². The van der Waals surface area contributed by atoms with Crippen LogP contribution in [0.3, 0.4) is 0 Å². The molecule has 1 aliphatic heterocycles. The highest BCUT2D eigenvalue weighted by atomic mass is 16.6. The maximum absolute atomic E-state index is 12.1. The summed E-state index contributed by atoms with van der Waals surface area (Å²) in [6.45, 7) is 8.54. The van der Waals surface area contributed by atoms with Crippen LogP contribution in [-0.4, -0.2) is 67.6 Å². The van der Waals surface area contributed by atoms with Crippen molar-refractivity contribution >= 4 is 5.97 Å². The average Bonchev–Trinajstić information content (AvgIpc) is 3.30. The third-order valence-electron chi connectivity index (χ3n) is 9.69.